The number of hydrogen-bond donors (Lipinski definition) is 3. The number of carbonyl (C=O) groups excluding carboxylic acids is 1. The zero-order valence-electron chi connectivity index (χ0n) is 17.5. The molecule has 1 saturated carbocycles. The van der Waals surface area contributed by atoms with Crippen molar-refractivity contribution in [3.8, 4) is 0 Å². The molecule has 6 nitrogen and oxygen atoms in total. The second-order valence-corrected chi connectivity index (χ2v) is 9.15. The van der Waals surface area contributed by atoms with Gasteiger partial charge in [-0.1, -0.05) is 11.6 Å². The molecule has 3 N–H and O–H groups in total. The minimum Gasteiger partial charge on any atom is -0.369 e. The van der Waals surface area contributed by atoms with Gasteiger partial charge in [-0.25, -0.2) is 23.1 Å². The molecule has 34 heavy (non-hydrogen) atoms. The first kappa shape index (κ1) is 22.5. The second-order valence-electron chi connectivity index (χ2n) is 7.86. The van der Waals surface area contributed by atoms with Gasteiger partial charge < -0.3 is 15.0 Å². The number of anilines is 2. The zero-order valence-corrected chi connectivity index (χ0v) is 19.0. The Morgan fingerprint density at radius 3 is 2.74 bits per heavy atom. The van der Waals surface area contributed by atoms with Crippen LogP contribution in [0.4, 0.5) is 24.7 Å². The first-order chi connectivity index (χ1) is 16.4. The molecule has 5 rings (SSSR count). The van der Waals surface area contributed by atoms with E-state index in [1.54, 1.807) is 0 Å². The highest BCUT2D eigenvalue weighted by Crippen LogP contribution is 2.33. The molecule has 0 saturated heterocycles. The normalized spacial score (nSPS) is 13.3. The minimum atomic E-state index is -1.10. The summed E-state index contributed by atoms with van der Waals surface area (Å²) in [6, 6.07) is 6.04. The number of nitrogens with zero attached hydrogens (tertiary/aromatic N) is 2. The van der Waals surface area contributed by atoms with Crippen molar-refractivity contribution < 1.29 is 18.0 Å². The van der Waals surface area contributed by atoms with E-state index in [1.807, 2.05) is 0 Å². The summed E-state index contributed by atoms with van der Waals surface area (Å²) in [4.78, 5) is 24.6. The van der Waals surface area contributed by atoms with E-state index in [4.69, 9.17) is 11.6 Å². The lowest BCUT2D eigenvalue weighted by Gasteiger charge is -2.12. The van der Waals surface area contributed by atoms with Crippen molar-refractivity contribution in [1.82, 2.24) is 15.0 Å². The van der Waals surface area contributed by atoms with Crippen molar-refractivity contribution in [2.45, 2.75) is 17.7 Å². The molecule has 0 amide bonds. The Hall–Kier alpha value is -3.24. The molecule has 2 aromatic heterocycles. The van der Waals surface area contributed by atoms with Crippen LogP contribution in [0.25, 0.3) is 11.0 Å². The van der Waals surface area contributed by atoms with Crippen molar-refractivity contribution in [1.29, 1.82) is 0 Å². The number of H-pyrrole nitrogens is 1. The number of nitrogens with one attached hydrogen (secondary N) is 3. The number of benzene rings is 2. The molecule has 0 aliphatic heterocycles. The lowest BCUT2D eigenvalue weighted by molar-refractivity contribution is 0.103. The van der Waals surface area contributed by atoms with Crippen LogP contribution >= 0.6 is 23.5 Å². The van der Waals surface area contributed by atoms with Gasteiger partial charge in [-0.15, -0.1) is 0 Å². The van der Waals surface area contributed by atoms with Gasteiger partial charge in [0, 0.05) is 17.8 Å². The van der Waals surface area contributed by atoms with Crippen LogP contribution in [0.15, 0.2) is 47.8 Å². The van der Waals surface area contributed by atoms with E-state index in [0.717, 1.165) is 36.9 Å². The highest BCUT2D eigenvalue weighted by Gasteiger charge is 2.27. The summed E-state index contributed by atoms with van der Waals surface area (Å²) in [5.74, 6) is -2.59. The highest BCUT2D eigenvalue weighted by molar-refractivity contribution is 8.00. The molecular weight excluding hydrogens is 487 g/mol. The number of rotatable bonds is 8. The van der Waals surface area contributed by atoms with E-state index in [1.165, 1.54) is 30.7 Å². The largest absolute Gasteiger partial charge is 0.369 e. The zero-order chi connectivity index (χ0) is 23.8. The van der Waals surface area contributed by atoms with Crippen LogP contribution in [-0.2, 0) is 0 Å². The Morgan fingerprint density at radius 2 is 1.94 bits per heavy atom. The van der Waals surface area contributed by atoms with Crippen molar-refractivity contribution >= 4 is 51.9 Å². The van der Waals surface area contributed by atoms with Crippen molar-refractivity contribution in [3.05, 3.63) is 76.5 Å². The molecule has 4 aromatic rings. The van der Waals surface area contributed by atoms with E-state index >= 15 is 4.39 Å². The first-order valence-corrected chi connectivity index (χ1v) is 11.6. The van der Waals surface area contributed by atoms with Gasteiger partial charge in [0.25, 0.3) is 0 Å². The van der Waals surface area contributed by atoms with Crippen LogP contribution in [0.5, 0.6) is 0 Å². The molecule has 1 fully saturated rings. The SMILES string of the molecule is O=C(c1c(F)ccc(NSc2cc(Cl)ccc2F)c1F)c1c[nH]c2ncnc(NCC3CC3)c12. The molecular formula is C23H17ClF3N5OS. The summed E-state index contributed by atoms with van der Waals surface area (Å²) in [6.07, 6.45) is 4.94. The van der Waals surface area contributed by atoms with Crippen LogP contribution < -0.4 is 10.0 Å². The van der Waals surface area contributed by atoms with Gasteiger partial charge in [0.1, 0.15) is 29.4 Å². The number of carbonyl (C=O) groups is 1. The third-order valence-electron chi connectivity index (χ3n) is 5.45. The third-order valence-corrected chi connectivity index (χ3v) is 6.54. The molecule has 0 atom stereocenters. The maximum Gasteiger partial charge on any atom is 0.201 e. The van der Waals surface area contributed by atoms with Crippen molar-refractivity contribution in [2.75, 3.05) is 16.6 Å². The Kier molecular flexibility index (Phi) is 6.09. The van der Waals surface area contributed by atoms with Gasteiger partial charge in [-0.3, -0.25) is 4.79 Å². The van der Waals surface area contributed by atoms with Crippen LogP contribution in [0.2, 0.25) is 5.02 Å². The number of fused-ring (bicyclic) bond motifs is 1. The number of halogens is 4. The Labute approximate surface area is 201 Å². The van der Waals surface area contributed by atoms with E-state index in [0.29, 0.717) is 34.3 Å². The van der Waals surface area contributed by atoms with Crippen LogP contribution in [0, 0.1) is 23.4 Å². The first-order valence-electron chi connectivity index (χ1n) is 10.4. The summed E-state index contributed by atoms with van der Waals surface area (Å²) < 4.78 is 46.6. The molecule has 0 bridgehead atoms. The average Bonchev–Trinajstić information content (AvgIpc) is 3.55. The average molecular weight is 504 g/mol. The van der Waals surface area contributed by atoms with Crippen molar-refractivity contribution in [3.63, 3.8) is 0 Å². The van der Waals surface area contributed by atoms with Gasteiger partial charge in [0.15, 0.2) is 5.82 Å². The molecule has 0 radical (unpaired) electrons. The fourth-order valence-electron chi connectivity index (χ4n) is 3.48. The summed E-state index contributed by atoms with van der Waals surface area (Å²) in [7, 11) is 0. The van der Waals surface area contributed by atoms with Crippen LogP contribution in [0.3, 0.4) is 0 Å². The lowest BCUT2D eigenvalue weighted by Crippen LogP contribution is -2.11. The Balaban J connectivity index is 1.47. The van der Waals surface area contributed by atoms with Crippen LogP contribution in [-0.4, -0.2) is 27.3 Å². The molecule has 0 unspecified atom stereocenters. The smallest absolute Gasteiger partial charge is 0.201 e. The van der Waals surface area contributed by atoms with Crippen LogP contribution in [0.1, 0.15) is 28.8 Å². The molecule has 1 aliphatic rings. The summed E-state index contributed by atoms with van der Waals surface area (Å²) in [6.45, 7) is 0.685. The maximum absolute atomic E-state index is 15.3. The molecule has 1 aliphatic carbocycles. The van der Waals surface area contributed by atoms with E-state index in [-0.39, 0.29) is 16.1 Å². The van der Waals surface area contributed by atoms with Gasteiger partial charge in [0.05, 0.1) is 27.1 Å². The predicted octanol–water partition coefficient (Wildman–Crippen LogP) is 6.20. The number of ketones is 1. The van der Waals surface area contributed by atoms with E-state index < -0.39 is 28.8 Å². The quantitative estimate of drug-likeness (QED) is 0.196. The molecule has 174 valence electrons. The topological polar surface area (TPSA) is 82.7 Å². The van der Waals surface area contributed by atoms with Gasteiger partial charge in [-0.05, 0) is 61.0 Å². The second kappa shape index (κ2) is 9.19. The summed E-state index contributed by atoms with van der Waals surface area (Å²) in [5.41, 5.74) is -0.511. The monoisotopic (exact) mass is 503 g/mol. The van der Waals surface area contributed by atoms with E-state index in [9.17, 15) is 13.6 Å². The molecule has 0 spiro atoms. The Morgan fingerprint density at radius 1 is 1.15 bits per heavy atom. The number of aromatic nitrogens is 3. The van der Waals surface area contributed by atoms with Gasteiger partial charge in [0.2, 0.25) is 5.78 Å². The number of hydrogen-bond acceptors (Lipinski definition) is 6. The van der Waals surface area contributed by atoms with Gasteiger partial charge >= 0.3 is 0 Å². The minimum absolute atomic E-state index is 0.0392. The standard InChI is InChI=1S/C23H17ClF3N5OS/c24-12-3-4-14(25)17(7-12)34-32-16-6-5-15(26)19(20(16)27)21(33)13-9-29-23-18(13)22(30-10-31-23)28-8-11-1-2-11/h3-7,9-11,32H,1-2,8H2,(H2,28,29,30,31). The Bertz CT molecular complexity index is 1410. The predicted molar refractivity (Wildman–Crippen MR) is 126 cm³/mol. The third kappa shape index (κ3) is 4.43. The fraction of sp³-hybridized carbons (Fsp3) is 0.174. The maximum atomic E-state index is 15.3. The fourth-order valence-corrected chi connectivity index (χ4v) is 4.44. The van der Waals surface area contributed by atoms with E-state index in [2.05, 4.69) is 25.0 Å². The molecule has 2 heterocycles. The van der Waals surface area contributed by atoms with Crippen molar-refractivity contribution in [2.24, 2.45) is 5.92 Å². The summed E-state index contributed by atoms with van der Waals surface area (Å²) >= 11 is 6.64. The molecule has 11 heteroatoms. The van der Waals surface area contributed by atoms with Gasteiger partial charge in [-0.2, -0.15) is 0 Å². The molecule has 2 aromatic carbocycles. The number of aromatic amines is 1. The highest BCUT2D eigenvalue weighted by atomic mass is 35.5. The lowest BCUT2D eigenvalue weighted by atomic mass is 10.0. The summed E-state index contributed by atoms with van der Waals surface area (Å²) in [5, 5.41) is 3.86.